The van der Waals surface area contributed by atoms with E-state index in [2.05, 4.69) is 15.6 Å². The van der Waals surface area contributed by atoms with E-state index in [9.17, 15) is 9.90 Å². The average Bonchev–Trinajstić information content (AvgIpc) is 3.14. The first kappa shape index (κ1) is 16.8. The second kappa shape index (κ2) is 6.56. The molecule has 3 saturated carbocycles. The van der Waals surface area contributed by atoms with Gasteiger partial charge in [-0.05, 0) is 64.2 Å². The summed E-state index contributed by atoms with van der Waals surface area (Å²) >= 11 is 0. The number of aromatic nitrogens is 3. The number of carbonyl (C=O) groups excluding carboxylic acids is 1. The Balaban J connectivity index is 1.37. The van der Waals surface area contributed by atoms with Crippen LogP contribution in [0.5, 0.6) is 0 Å². The predicted octanol–water partition coefficient (Wildman–Crippen LogP) is 2.43. The first-order chi connectivity index (χ1) is 12.0. The number of carbonyl (C=O) groups is 1. The molecule has 4 rings (SSSR count). The van der Waals surface area contributed by atoms with Crippen molar-refractivity contribution in [3.05, 3.63) is 23.0 Å². The van der Waals surface area contributed by atoms with Crippen molar-refractivity contribution in [2.75, 3.05) is 0 Å². The molecule has 136 valence electrons. The molecule has 6 heteroatoms. The topological polar surface area (TPSA) is 80.0 Å². The van der Waals surface area contributed by atoms with E-state index < -0.39 is 5.60 Å². The number of rotatable bonds is 5. The SMILES string of the molecule is CC(C(=O)N[C@@H]1CCC[C@@H]1Cn1cc(C2(O)CCC2)nn1)=C1CCC1. The Labute approximate surface area is 148 Å². The molecular formula is C19H28N4O2. The predicted molar refractivity (Wildman–Crippen MR) is 93.6 cm³/mol. The first-order valence-corrected chi connectivity index (χ1v) is 9.68. The highest BCUT2D eigenvalue weighted by molar-refractivity contribution is 5.94. The standard InChI is InChI=1S/C19H28N4O2/c1-13(14-5-2-6-14)18(24)20-16-8-3-7-15(16)11-23-12-17(21-22-23)19(25)9-4-10-19/h12,15-16,25H,2-11H2,1H3,(H,20,24)/t15-,16-/m1/s1. The molecule has 2 N–H and O–H groups in total. The third-order valence-electron chi connectivity index (χ3n) is 6.42. The fourth-order valence-corrected chi connectivity index (χ4v) is 4.22. The van der Waals surface area contributed by atoms with E-state index in [1.54, 1.807) is 0 Å². The summed E-state index contributed by atoms with van der Waals surface area (Å²) in [5, 5.41) is 22.0. The summed E-state index contributed by atoms with van der Waals surface area (Å²) < 4.78 is 1.85. The summed E-state index contributed by atoms with van der Waals surface area (Å²) in [7, 11) is 0. The smallest absolute Gasteiger partial charge is 0.247 e. The van der Waals surface area contributed by atoms with Crippen molar-refractivity contribution < 1.29 is 9.90 Å². The molecule has 0 aromatic carbocycles. The average molecular weight is 344 g/mol. The number of allylic oxidation sites excluding steroid dienone is 1. The minimum absolute atomic E-state index is 0.106. The van der Waals surface area contributed by atoms with E-state index in [0.717, 1.165) is 63.5 Å². The van der Waals surface area contributed by atoms with Gasteiger partial charge >= 0.3 is 0 Å². The van der Waals surface area contributed by atoms with Crippen LogP contribution in [0.15, 0.2) is 17.3 Å². The molecule has 0 bridgehead atoms. The first-order valence-electron chi connectivity index (χ1n) is 9.68. The van der Waals surface area contributed by atoms with Gasteiger partial charge in [-0.15, -0.1) is 5.10 Å². The Morgan fingerprint density at radius 3 is 2.76 bits per heavy atom. The highest BCUT2D eigenvalue weighted by Crippen LogP contribution is 2.40. The maximum atomic E-state index is 12.5. The van der Waals surface area contributed by atoms with E-state index >= 15 is 0 Å². The number of amides is 1. The minimum atomic E-state index is -0.756. The summed E-state index contributed by atoms with van der Waals surface area (Å²) in [4.78, 5) is 12.5. The van der Waals surface area contributed by atoms with Crippen molar-refractivity contribution in [2.45, 2.75) is 82.9 Å². The van der Waals surface area contributed by atoms with E-state index in [4.69, 9.17) is 0 Å². The molecule has 0 radical (unpaired) electrons. The molecule has 0 aliphatic heterocycles. The molecule has 0 saturated heterocycles. The van der Waals surface area contributed by atoms with E-state index in [-0.39, 0.29) is 11.9 Å². The van der Waals surface area contributed by atoms with Crippen LogP contribution in [0.1, 0.15) is 70.4 Å². The number of hydrogen-bond acceptors (Lipinski definition) is 4. The Morgan fingerprint density at radius 1 is 1.32 bits per heavy atom. The van der Waals surface area contributed by atoms with Gasteiger partial charge in [-0.3, -0.25) is 9.48 Å². The molecular weight excluding hydrogens is 316 g/mol. The van der Waals surface area contributed by atoms with Gasteiger partial charge in [-0.1, -0.05) is 17.2 Å². The van der Waals surface area contributed by atoms with Crippen LogP contribution in [0.25, 0.3) is 0 Å². The molecule has 1 aromatic rings. The minimum Gasteiger partial charge on any atom is -0.383 e. The zero-order chi connectivity index (χ0) is 17.4. The van der Waals surface area contributed by atoms with Crippen LogP contribution in [-0.4, -0.2) is 32.0 Å². The van der Waals surface area contributed by atoms with Crippen molar-refractivity contribution in [3.63, 3.8) is 0 Å². The summed E-state index contributed by atoms with van der Waals surface area (Å²) in [6.07, 6.45) is 11.1. The highest BCUT2D eigenvalue weighted by atomic mass is 16.3. The molecule has 25 heavy (non-hydrogen) atoms. The maximum Gasteiger partial charge on any atom is 0.247 e. The summed E-state index contributed by atoms with van der Waals surface area (Å²) in [5.74, 6) is 0.489. The van der Waals surface area contributed by atoms with Gasteiger partial charge in [0.25, 0.3) is 0 Å². The normalized spacial score (nSPS) is 27.5. The lowest BCUT2D eigenvalue weighted by Crippen LogP contribution is -2.39. The lowest BCUT2D eigenvalue weighted by molar-refractivity contribution is -0.118. The van der Waals surface area contributed by atoms with Crippen molar-refractivity contribution in [1.29, 1.82) is 0 Å². The van der Waals surface area contributed by atoms with E-state index in [1.165, 1.54) is 12.0 Å². The van der Waals surface area contributed by atoms with Gasteiger partial charge in [0.2, 0.25) is 5.91 Å². The van der Waals surface area contributed by atoms with Gasteiger partial charge in [-0.25, -0.2) is 0 Å². The third kappa shape index (κ3) is 3.24. The van der Waals surface area contributed by atoms with Crippen molar-refractivity contribution in [2.24, 2.45) is 5.92 Å². The molecule has 1 aromatic heterocycles. The Morgan fingerprint density at radius 2 is 2.12 bits per heavy atom. The van der Waals surface area contributed by atoms with E-state index in [0.29, 0.717) is 11.6 Å². The molecule has 0 unspecified atom stereocenters. The van der Waals surface area contributed by atoms with Crippen molar-refractivity contribution >= 4 is 5.91 Å². The van der Waals surface area contributed by atoms with Gasteiger partial charge in [0.15, 0.2) is 0 Å². The molecule has 6 nitrogen and oxygen atoms in total. The van der Waals surface area contributed by atoms with Crippen LogP contribution in [0.2, 0.25) is 0 Å². The number of aliphatic hydroxyl groups is 1. The zero-order valence-electron chi connectivity index (χ0n) is 15.0. The fourth-order valence-electron chi connectivity index (χ4n) is 4.22. The Hall–Kier alpha value is -1.69. The zero-order valence-corrected chi connectivity index (χ0v) is 15.0. The maximum absolute atomic E-state index is 12.5. The summed E-state index contributed by atoms with van der Waals surface area (Å²) in [6.45, 7) is 2.71. The van der Waals surface area contributed by atoms with E-state index in [1.807, 2.05) is 17.8 Å². The molecule has 0 spiro atoms. The Kier molecular flexibility index (Phi) is 4.40. The molecule has 3 aliphatic carbocycles. The monoisotopic (exact) mass is 344 g/mol. The Bertz CT molecular complexity index is 683. The lowest BCUT2D eigenvalue weighted by atomic mass is 9.78. The molecule has 1 heterocycles. The van der Waals surface area contributed by atoms with Crippen molar-refractivity contribution in [3.8, 4) is 0 Å². The second-order valence-electron chi connectivity index (χ2n) is 8.06. The van der Waals surface area contributed by atoms with Gasteiger partial charge < -0.3 is 10.4 Å². The van der Waals surface area contributed by atoms with Crippen LogP contribution in [-0.2, 0) is 16.9 Å². The van der Waals surface area contributed by atoms with Crippen LogP contribution < -0.4 is 5.32 Å². The molecule has 1 amide bonds. The molecule has 2 atom stereocenters. The fraction of sp³-hybridized carbons (Fsp3) is 0.737. The van der Waals surface area contributed by atoms with Gasteiger partial charge in [0.1, 0.15) is 11.3 Å². The van der Waals surface area contributed by atoms with Crippen molar-refractivity contribution in [1.82, 2.24) is 20.3 Å². The van der Waals surface area contributed by atoms with Crippen LogP contribution in [0, 0.1) is 5.92 Å². The third-order valence-corrected chi connectivity index (χ3v) is 6.42. The number of nitrogens with zero attached hydrogens (tertiary/aromatic N) is 3. The summed E-state index contributed by atoms with van der Waals surface area (Å²) in [6, 6.07) is 0.211. The lowest BCUT2D eigenvalue weighted by Gasteiger charge is -2.34. The van der Waals surface area contributed by atoms with Crippen LogP contribution >= 0.6 is 0 Å². The van der Waals surface area contributed by atoms with Gasteiger partial charge in [0.05, 0.1) is 6.20 Å². The van der Waals surface area contributed by atoms with Gasteiger partial charge in [-0.2, -0.15) is 0 Å². The molecule has 3 aliphatic rings. The quantitative estimate of drug-likeness (QED) is 0.804. The van der Waals surface area contributed by atoms with Crippen LogP contribution in [0.3, 0.4) is 0 Å². The largest absolute Gasteiger partial charge is 0.383 e. The van der Waals surface area contributed by atoms with Crippen LogP contribution in [0.4, 0.5) is 0 Å². The van der Waals surface area contributed by atoms with Gasteiger partial charge in [0, 0.05) is 18.2 Å². The second-order valence-corrected chi connectivity index (χ2v) is 8.06. The molecule has 3 fully saturated rings. The number of hydrogen-bond donors (Lipinski definition) is 2. The highest BCUT2D eigenvalue weighted by Gasteiger charge is 2.39. The summed E-state index contributed by atoms with van der Waals surface area (Å²) in [5.41, 5.74) is 2.19. The number of nitrogens with one attached hydrogen (secondary N) is 1.